The lowest BCUT2D eigenvalue weighted by atomic mass is 10.0. The largest absolute Gasteiger partial charge is 0.348 e. The number of nitrogens with one attached hydrogen (secondary N) is 1. The van der Waals surface area contributed by atoms with Crippen molar-refractivity contribution in [3.8, 4) is 0 Å². The molecule has 3 rings (SSSR count). The molecule has 1 aliphatic carbocycles. The van der Waals surface area contributed by atoms with Gasteiger partial charge in [0, 0.05) is 29.7 Å². The second kappa shape index (κ2) is 5.38. The summed E-state index contributed by atoms with van der Waals surface area (Å²) >= 11 is 0. The van der Waals surface area contributed by atoms with Crippen molar-refractivity contribution in [3.05, 3.63) is 35.5 Å². The number of hydrogen-bond donors (Lipinski definition) is 1. The van der Waals surface area contributed by atoms with Gasteiger partial charge in [0.15, 0.2) is 0 Å². The molecule has 0 amide bonds. The Balaban J connectivity index is 1.64. The SMILES string of the molecule is Cc1c(CCCCNC2CC2)c2ccccc2n1C. The number of aryl methyl sites for hydroxylation is 2. The third-order valence-electron chi connectivity index (χ3n) is 4.39. The van der Waals surface area contributed by atoms with Gasteiger partial charge in [-0.25, -0.2) is 0 Å². The zero-order valence-corrected chi connectivity index (χ0v) is 12.1. The number of hydrogen-bond acceptors (Lipinski definition) is 1. The predicted molar refractivity (Wildman–Crippen MR) is 81.6 cm³/mol. The van der Waals surface area contributed by atoms with Crippen LogP contribution in [0.15, 0.2) is 24.3 Å². The summed E-state index contributed by atoms with van der Waals surface area (Å²) in [5.41, 5.74) is 4.34. The van der Waals surface area contributed by atoms with Crippen LogP contribution in [0.4, 0.5) is 0 Å². The van der Waals surface area contributed by atoms with E-state index in [0.717, 1.165) is 6.04 Å². The molecule has 0 saturated heterocycles. The van der Waals surface area contributed by atoms with Gasteiger partial charge in [0.1, 0.15) is 0 Å². The van der Waals surface area contributed by atoms with E-state index in [4.69, 9.17) is 0 Å². The molecular formula is C17H24N2. The molecular weight excluding hydrogens is 232 g/mol. The normalized spacial score (nSPS) is 15.3. The van der Waals surface area contributed by atoms with E-state index in [1.165, 1.54) is 55.2 Å². The van der Waals surface area contributed by atoms with Gasteiger partial charge in [-0.05, 0) is 57.2 Å². The van der Waals surface area contributed by atoms with Crippen molar-refractivity contribution in [1.29, 1.82) is 0 Å². The van der Waals surface area contributed by atoms with Crippen molar-refractivity contribution in [2.75, 3.05) is 6.54 Å². The van der Waals surface area contributed by atoms with Crippen LogP contribution in [0, 0.1) is 6.92 Å². The molecule has 1 N–H and O–H groups in total. The van der Waals surface area contributed by atoms with Gasteiger partial charge in [0.2, 0.25) is 0 Å². The Morgan fingerprint density at radius 2 is 2.00 bits per heavy atom. The van der Waals surface area contributed by atoms with Crippen molar-refractivity contribution in [3.63, 3.8) is 0 Å². The number of para-hydroxylation sites is 1. The fourth-order valence-corrected chi connectivity index (χ4v) is 2.94. The molecule has 1 saturated carbocycles. The highest BCUT2D eigenvalue weighted by Crippen LogP contribution is 2.26. The number of fused-ring (bicyclic) bond motifs is 1. The number of aromatic nitrogens is 1. The van der Waals surface area contributed by atoms with E-state index >= 15 is 0 Å². The summed E-state index contributed by atoms with van der Waals surface area (Å²) in [5.74, 6) is 0. The van der Waals surface area contributed by atoms with Gasteiger partial charge in [0.05, 0.1) is 0 Å². The lowest BCUT2D eigenvalue weighted by molar-refractivity contribution is 0.619. The number of benzene rings is 1. The van der Waals surface area contributed by atoms with E-state index < -0.39 is 0 Å². The van der Waals surface area contributed by atoms with Gasteiger partial charge in [-0.3, -0.25) is 0 Å². The highest BCUT2D eigenvalue weighted by molar-refractivity contribution is 5.85. The van der Waals surface area contributed by atoms with Crippen molar-refractivity contribution < 1.29 is 0 Å². The molecule has 0 aliphatic heterocycles. The smallest absolute Gasteiger partial charge is 0.0482 e. The van der Waals surface area contributed by atoms with Crippen LogP contribution < -0.4 is 5.32 Å². The molecule has 1 fully saturated rings. The molecule has 0 bridgehead atoms. The lowest BCUT2D eigenvalue weighted by Gasteiger charge is -2.04. The topological polar surface area (TPSA) is 17.0 Å². The minimum Gasteiger partial charge on any atom is -0.348 e. The van der Waals surface area contributed by atoms with Crippen LogP contribution in [-0.4, -0.2) is 17.2 Å². The van der Waals surface area contributed by atoms with Crippen molar-refractivity contribution >= 4 is 10.9 Å². The number of unbranched alkanes of at least 4 members (excludes halogenated alkanes) is 1. The first kappa shape index (κ1) is 12.7. The molecule has 1 aromatic carbocycles. The van der Waals surface area contributed by atoms with Gasteiger partial charge >= 0.3 is 0 Å². The molecule has 0 radical (unpaired) electrons. The lowest BCUT2D eigenvalue weighted by Crippen LogP contribution is -2.17. The maximum absolute atomic E-state index is 3.59. The Kier molecular flexibility index (Phi) is 3.61. The van der Waals surface area contributed by atoms with E-state index in [-0.39, 0.29) is 0 Å². The molecule has 0 atom stereocenters. The summed E-state index contributed by atoms with van der Waals surface area (Å²) in [6.07, 6.45) is 6.57. The monoisotopic (exact) mass is 256 g/mol. The van der Waals surface area contributed by atoms with Gasteiger partial charge in [0.25, 0.3) is 0 Å². The summed E-state index contributed by atoms with van der Waals surface area (Å²) in [7, 11) is 2.18. The van der Waals surface area contributed by atoms with E-state index in [0.29, 0.717) is 0 Å². The fraction of sp³-hybridized carbons (Fsp3) is 0.529. The third-order valence-corrected chi connectivity index (χ3v) is 4.39. The summed E-state index contributed by atoms with van der Waals surface area (Å²) in [6, 6.07) is 9.62. The Labute approximate surface area is 115 Å². The predicted octanol–water partition coefficient (Wildman–Crippen LogP) is 3.56. The quantitative estimate of drug-likeness (QED) is 0.782. The Hall–Kier alpha value is -1.28. The zero-order chi connectivity index (χ0) is 13.2. The van der Waals surface area contributed by atoms with Gasteiger partial charge < -0.3 is 9.88 Å². The zero-order valence-electron chi connectivity index (χ0n) is 12.1. The molecule has 1 aliphatic rings. The van der Waals surface area contributed by atoms with E-state index in [2.05, 4.69) is 48.1 Å². The maximum Gasteiger partial charge on any atom is 0.0482 e. The summed E-state index contributed by atoms with van der Waals surface area (Å²) in [6.45, 7) is 3.44. The first-order valence-electron chi connectivity index (χ1n) is 7.53. The van der Waals surface area contributed by atoms with Crippen LogP contribution in [0.2, 0.25) is 0 Å². The number of nitrogens with zero attached hydrogens (tertiary/aromatic N) is 1. The minimum atomic E-state index is 0.847. The standard InChI is InChI=1S/C17H24N2/c1-13-15(7-5-6-12-18-14-10-11-14)16-8-3-4-9-17(16)19(13)2/h3-4,8-9,14,18H,5-7,10-12H2,1-2H3. The fourth-order valence-electron chi connectivity index (χ4n) is 2.94. The average Bonchev–Trinajstić information content (AvgIpc) is 3.22. The molecule has 1 heterocycles. The minimum absolute atomic E-state index is 0.847. The van der Waals surface area contributed by atoms with Crippen molar-refractivity contribution in [2.45, 2.75) is 45.1 Å². The summed E-state index contributed by atoms with van der Waals surface area (Å²) in [5, 5.41) is 5.04. The summed E-state index contributed by atoms with van der Waals surface area (Å²) < 4.78 is 2.33. The van der Waals surface area contributed by atoms with Crippen LogP contribution in [0.5, 0.6) is 0 Å². The molecule has 1 aromatic heterocycles. The maximum atomic E-state index is 3.59. The Morgan fingerprint density at radius 1 is 1.21 bits per heavy atom. The Morgan fingerprint density at radius 3 is 2.79 bits per heavy atom. The Bertz CT molecular complexity index is 564. The molecule has 2 aromatic rings. The summed E-state index contributed by atoms with van der Waals surface area (Å²) in [4.78, 5) is 0. The van der Waals surface area contributed by atoms with Crippen LogP contribution >= 0.6 is 0 Å². The first-order valence-corrected chi connectivity index (χ1v) is 7.53. The molecule has 0 spiro atoms. The van der Waals surface area contributed by atoms with Gasteiger partial charge in [-0.2, -0.15) is 0 Å². The van der Waals surface area contributed by atoms with E-state index in [9.17, 15) is 0 Å². The third kappa shape index (κ3) is 2.69. The molecule has 2 nitrogen and oxygen atoms in total. The average molecular weight is 256 g/mol. The van der Waals surface area contributed by atoms with Crippen LogP contribution in [-0.2, 0) is 13.5 Å². The van der Waals surface area contributed by atoms with Crippen molar-refractivity contribution in [1.82, 2.24) is 9.88 Å². The number of rotatable bonds is 6. The highest BCUT2D eigenvalue weighted by Gasteiger charge is 2.19. The van der Waals surface area contributed by atoms with Crippen LogP contribution in [0.25, 0.3) is 10.9 Å². The van der Waals surface area contributed by atoms with Crippen LogP contribution in [0.3, 0.4) is 0 Å². The second-order valence-electron chi connectivity index (χ2n) is 5.83. The van der Waals surface area contributed by atoms with Gasteiger partial charge in [-0.1, -0.05) is 18.2 Å². The first-order chi connectivity index (χ1) is 9.27. The molecule has 0 unspecified atom stereocenters. The van der Waals surface area contributed by atoms with Crippen LogP contribution in [0.1, 0.15) is 36.9 Å². The highest BCUT2D eigenvalue weighted by atomic mass is 14.9. The molecule has 102 valence electrons. The molecule has 19 heavy (non-hydrogen) atoms. The van der Waals surface area contributed by atoms with Crippen molar-refractivity contribution in [2.24, 2.45) is 7.05 Å². The van der Waals surface area contributed by atoms with E-state index in [1.807, 2.05) is 0 Å². The molecule has 2 heteroatoms. The second-order valence-corrected chi connectivity index (χ2v) is 5.83. The van der Waals surface area contributed by atoms with Gasteiger partial charge in [-0.15, -0.1) is 0 Å². The van der Waals surface area contributed by atoms with E-state index in [1.54, 1.807) is 5.56 Å².